The SMILES string of the molecule is COCc1ccc(CNC(=O)/C=C/c2ccc(Cl)c(C(F)(F)F)c2)cc1. The van der Waals surface area contributed by atoms with Gasteiger partial charge in [0, 0.05) is 19.7 Å². The minimum absolute atomic E-state index is 0.237. The largest absolute Gasteiger partial charge is 0.417 e. The summed E-state index contributed by atoms with van der Waals surface area (Å²) in [5.41, 5.74) is 1.22. The zero-order chi connectivity index (χ0) is 19.2. The maximum atomic E-state index is 12.8. The molecule has 7 heteroatoms. The van der Waals surface area contributed by atoms with E-state index in [1.165, 1.54) is 18.2 Å². The van der Waals surface area contributed by atoms with E-state index < -0.39 is 17.6 Å². The van der Waals surface area contributed by atoms with Crippen molar-refractivity contribution < 1.29 is 22.7 Å². The van der Waals surface area contributed by atoms with Crippen LogP contribution < -0.4 is 5.32 Å². The summed E-state index contributed by atoms with van der Waals surface area (Å²) >= 11 is 5.56. The number of nitrogens with one attached hydrogen (secondary N) is 1. The lowest BCUT2D eigenvalue weighted by Crippen LogP contribution is -2.20. The second kappa shape index (κ2) is 8.87. The molecule has 0 saturated carbocycles. The first-order valence-corrected chi connectivity index (χ1v) is 8.07. The number of hydrogen-bond acceptors (Lipinski definition) is 2. The zero-order valence-corrected chi connectivity index (χ0v) is 14.7. The Bertz CT molecular complexity index is 786. The quantitative estimate of drug-likeness (QED) is 0.725. The van der Waals surface area contributed by atoms with E-state index >= 15 is 0 Å². The smallest absolute Gasteiger partial charge is 0.380 e. The van der Waals surface area contributed by atoms with E-state index in [4.69, 9.17) is 16.3 Å². The average molecular weight is 384 g/mol. The van der Waals surface area contributed by atoms with Gasteiger partial charge in [-0.1, -0.05) is 41.9 Å². The van der Waals surface area contributed by atoms with Crippen LogP contribution in [0.5, 0.6) is 0 Å². The first-order valence-electron chi connectivity index (χ1n) is 7.69. The van der Waals surface area contributed by atoms with Crippen LogP contribution in [0.3, 0.4) is 0 Å². The molecular formula is C19H17ClF3NO2. The number of hydrogen-bond donors (Lipinski definition) is 1. The number of ether oxygens (including phenoxy) is 1. The number of carbonyl (C=O) groups excluding carboxylic acids is 1. The fourth-order valence-corrected chi connectivity index (χ4v) is 2.43. The molecule has 1 N–H and O–H groups in total. The molecule has 2 aromatic rings. The summed E-state index contributed by atoms with van der Waals surface area (Å²) in [5.74, 6) is -0.408. The van der Waals surface area contributed by atoms with Crippen molar-refractivity contribution in [3.8, 4) is 0 Å². The van der Waals surface area contributed by atoms with Crippen molar-refractivity contribution in [2.45, 2.75) is 19.3 Å². The van der Waals surface area contributed by atoms with E-state index in [0.29, 0.717) is 13.2 Å². The molecular weight excluding hydrogens is 367 g/mol. The number of methoxy groups -OCH3 is 1. The Morgan fingerprint density at radius 3 is 2.42 bits per heavy atom. The normalized spacial score (nSPS) is 11.7. The Hall–Kier alpha value is -2.31. The number of rotatable bonds is 6. The molecule has 138 valence electrons. The minimum Gasteiger partial charge on any atom is -0.380 e. The highest BCUT2D eigenvalue weighted by Crippen LogP contribution is 2.35. The van der Waals surface area contributed by atoms with Crippen LogP contribution in [0.1, 0.15) is 22.3 Å². The molecule has 0 heterocycles. The van der Waals surface area contributed by atoms with E-state index in [9.17, 15) is 18.0 Å². The molecule has 0 aliphatic carbocycles. The third-order valence-corrected chi connectivity index (χ3v) is 3.85. The average Bonchev–Trinajstić information content (AvgIpc) is 2.59. The summed E-state index contributed by atoms with van der Waals surface area (Å²) in [6.45, 7) is 0.821. The van der Waals surface area contributed by atoms with E-state index in [1.807, 2.05) is 24.3 Å². The van der Waals surface area contributed by atoms with E-state index in [-0.39, 0.29) is 10.6 Å². The zero-order valence-electron chi connectivity index (χ0n) is 13.9. The molecule has 0 atom stereocenters. The van der Waals surface area contributed by atoms with Crippen molar-refractivity contribution in [3.63, 3.8) is 0 Å². The van der Waals surface area contributed by atoms with Crippen molar-refractivity contribution >= 4 is 23.6 Å². The van der Waals surface area contributed by atoms with Crippen molar-refractivity contribution in [2.24, 2.45) is 0 Å². The maximum Gasteiger partial charge on any atom is 0.417 e. The Morgan fingerprint density at radius 2 is 1.81 bits per heavy atom. The van der Waals surface area contributed by atoms with Crippen LogP contribution in [-0.2, 0) is 28.9 Å². The van der Waals surface area contributed by atoms with Gasteiger partial charge in [-0.25, -0.2) is 0 Å². The van der Waals surface area contributed by atoms with Gasteiger partial charge in [0.25, 0.3) is 0 Å². The summed E-state index contributed by atoms with van der Waals surface area (Å²) in [6, 6.07) is 11.0. The molecule has 0 saturated heterocycles. The summed E-state index contributed by atoms with van der Waals surface area (Å²) in [6.07, 6.45) is -2.05. The van der Waals surface area contributed by atoms with Crippen LogP contribution in [0.4, 0.5) is 13.2 Å². The Morgan fingerprint density at radius 1 is 1.15 bits per heavy atom. The van der Waals surface area contributed by atoms with Gasteiger partial charge < -0.3 is 10.1 Å². The lowest BCUT2D eigenvalue weighted by molar-refractivity contribution is -0.137. The summed E-state index contributed by atoms with van der Waals surface area (Å²) in [7, 11) is 1.61. The number of alkyl halides is 3. The number of carbonyl (C=O) groups is 1. The van der Waals surface area contributed by atoms with Gasteiger partial charge in [0.05, 0.1) is 17.2 Å². The molecule has 0 unspecified atom stereocenters. The molecule has 0 aliphatic rings. The third-order valence-electron chi connectivity index (χ3n) is 3.52. The lowest BCUT2D eigenvalue weighted by atomic mass is 10.1. The number of amides is 1. The highest BCUT2D eigenvalue weighted by atomic mass is 35.5. The molecule has 0 radical (unpaired) electrons. The maximum absolute atomic E-state index is 12.8. The highest BCUT2D eigenvalue weighted by Gasteiger charge is 2.33. The second-order valence-electron chi connectivity index (χ2n) is 5.54. The van der Waals surface area contributed by atoms with Crippen LogP contribution in [-0.4, -0.2) is 13.0 Å². The van der Waals surface area contributed by atoms with Crippen LogP contribution in [0.25, 0.3) is 6.08 Å². The monoisotopic (exact) mass is 383 g/mol. The highest BCUT2D eigenvalue weighted by molar-refractivity contribution is 6.31. The van der Waals surface area contributed by atoms with Crippen molar-refractivity contribution in [2.75, 3.05) is 7.11 Å². The van der Waals surface area contributed by atoms with E-state index in [0.717, 1.165) is 23.3 Å². The summed E-state index contributed by atoms with van der Waals surface area (Å²) in [4.78, 5) is 11.8. The fraction of sp³-hybridized carbons (Fsp3) is 0.211. The first kappa shape index (κ1) is 20.0. The van der Waals surface area contributed by atoms with Crippen LogP contribution in [0.15, 0.2) is 48.5 Å². The number of benzene rings is 2. The fourth-order valence-electron chi connectivity index (χ4n) is 2.20. The van der Waals surface area contributed by atoms with E-state index in [2.05, 4.69) is 5.32 Å². The van der Waals surface area contributed by atoms with Crippen LogP contribution >= 0.6 is 11.6 Å². The van der Waals surface area contributed by atoms with Crippen molar-refractivity contribution in [1.82, 2.24) is 5.32 Å². The molecule has 1 amide bonds. The van der Waals surface area contributed by atoms with Gasteiger partial charge in [-0.3, -0.25) is 4.79 Å². The second-order valence-corrected chi connectivity index (χ2v) is 5.94. The molecule has 0 fully saturated rings. The first-order chi connectivity index (χ1) is 12.3. The van der Waals surface area contributed by atoms with Gasteiger partial charge in [-0.15, -0.1) is 0 Å². The molecule has 0 aliphatic heterocycles. The predicted molar refractivity (Wildman–Crippen MR) is 94.5 cm³/mol. The van der Waals surface area contributed by atoms with Crippen molar-refractivity contribution in [1.29, 1.82) is 0 Å². The molecule has 2 rings (SSSR count). The summed E-state index contributed by atoms with van der Waals surface area (Å²) < 4.78 is 43.5. The Balaban J connectivity index is 1.95. The van der Waals surface area contributed by atoms with Gasteiger partial charge in [0.15, 0.2) is 0 Å². The molecule has 0 spiro atoms. The van der Waals surface area contributed by atoms with Gasteiger partial charge in [0.2, 0.25) is 5.91 Å². The van der Waals surface area contributed by atoms with Crippen molar-refractivity contribution in [3.05, 3.63) is 75.8 Å². The summed E-state index contributed by atoms with van der Waals surface area (Å²) in [5, 5.41) is 2.29. The van der Waals surface area contributed by atoms with Gasteiger partial charge in [0.1, 0.15) is 0 Å². The third kappa shape index (κ3) is 5.89. The van der Waals surface area contributed by atoms with Crippen LogP contribution in [0, 0.1) is 0 Å². The topological polar surface area (TPSA) is 38.3 Å². The molecule has 0 bridgehead atoms. The van der Waals surface area contributed by atoms with Crippen LogP contribution in [0.2, 0.25) is 5.02 Å². The molecule has 26 heavy (non-hydrogen) atoms. The van der Waals surface area contributed by atoms with Gasteiger partial charge >= 0.3 is 6.18 Å². The Kier molecular flexibility index (Phi) is 6.83. The lowest BCUT2D eigenvalue weighted by Gasteiger charge is -2.09. The van der Waals surface area contributed by atoms with Gasteiger partial charge in [-0.05, 0) is 34.9 Å². The van der Waals surface area contributed by atoms with E-state index in [1.54, 1.807) is 7.11 Å². The number of halogens is 4. The predicted octanol–water partition coefficient (Wildman–Crippen LogP) is 4.83. The Labute approximate surface area is 154 Å². The molecule has 3 nitrogen and oxygen atoms in total. The minimum atomic E-state index is -4.54. The van der Waals surface area contributed by atoms with Gasteiger partial charge in [-0.2, -0.15) is 13.2 Å². The molecule has 0 aromatic heterocycles. The standard InChI is InChI=1S/C19H17ClF3NO2/c1-26-12-15-4-2-14(3-5-15)11-24-18(25)9-7-13-6-8-17(20)16(10-13)19(21,22)23/h2-10H,11-12H2,1H3,(H,24,25)/b9-7+. The molecule has 2 aromatic carbocycles.